The zero-order valence-electron chi connectivity index (χ0n) is 16.5. The average Bonchev–Trinajstić information content (AvgIpc) is 2.72. The van der Waals surface area contributed by atoms with Gasteiger partial charge in [0.05, 0.1) is 18.0 Å². The Balaban J connectivity index is 1.88. The van der Waals surface area contributed by atoms with Gasteiger partial charge in [-0.3, -0.25) is 20.4 Å². The predicted molar refractivity (Wildman–Crippen MR) is 106 cm³/mol. The molecule has 0 unspecified atom stereocenters. The standard InChI is InChI=1S/C19H22FN3O6S/c1-12(23-30(26,27)15-10-8-14(28-3)9-11-15)18(24)21-22-19(25)13(2)29-17-7-5-4-6-16(17)20/h4-13,23H,1-3H3,(H,21,24)(H,22,25)/t12-,13-/m0/s1. The lowest BCUT2D eigenvalue weighted by Gasteiger charge is -2.18. The summed E-state index contributed by atoms with van der Waals surface area (Å²) in [5.74, 6) is -1.83. The summed E-state index contributed by atoms with van der Waals surface area (Å²) in [4.78, 5) is 24.1. The molecule has 162 valence electrons. The van der Waals surface area contributed by atoms with Crippen molar-refractivity contribution >= 4 is 21.8 Å². The average molecular weight is 439 g/mol. The molecule has 3 N–H and O–H groups in total. The second-order valence-electron chi connectivity index (χ2n) is 6.19. The Labute approximate surface area is 173 Å². The van der Waals surface area contributed by atoms with Gasteiger partial charge in [0.2, 0.25) is 10.0 Å². The summed E-state index contributed by atoms with van der Waals surface area (Å²) in [6.07, 6.45) is -1.12. The van der Waals surface area contributed by atoms with E-state index in [-0.39, 0.29) is 10.6 Å². The van der Waals surface area contributed by atoms with Gasteiger partial charge >= 0.3 is 0 Å². The van der Waals surface area contributed by atoms with Crippen LogP contribution in [0.4, 0.5) is 4.39 Å². The highest BCUT2D eigenvalue weighted by atomic mass is 32.2. The van der Waals surface area contributed by atoms with Gasteiger partial charge in [-0.2, -0.15) is 4.72 Å². The van der Waals surface area contributed by atoms with Crippen LogP contribution < -0.4 is 25.0 Å². The fourth-order valence-electron chi connectivity index (χ4n) is 2.23. The number of amides is 2. The third kappa shape index (κ3) is 6.16. The maximum absolute atomic E-state index is 13.6. The van der Waals surface area contributed by atoms with Crippen LogP contribution >= 0.6 is 0 Å². The minimum absolute atomic E-state index is 0.0566. The van der Waals surface area contributed by atoms with E-state index in [4.69, 9.17) is 9.47 Å². The van der Waals surface area contributed by atoms with E-state index >= 15 is 0 Å². The minimum Gasteiger partial charge on any atom is -0.497 e. The third-order valence-electron chi connectivity index (χ3n) is 3.91. The molecule has 2 rings (SSSR count). The number of hydrazine groups is 1. The highest BCUT2D eigenvalue weighted by Gasteiger charge is 2.23. The molecule has 2 aromatic carbocycles. The molecule has 0 radical (unpaired) electrons. The molecule has 0 saturated carbocycles. The first-order valence-electron chi connectivity index (χ1n) is 8.81. The Kier molecular flexibility index (Phi) is 7.72. The number of hydrogen-bond donors (Lipinski definition) is 3. The van der Waals surface area contributed by atoms with Crippen LogP contribution in [0, 0.1) is 5.82 Å². The molecule has 11 heteroatoms. The van der Waals surface area contributed by atoms with Crippen molar-refractivity contribution in [2.75, 3.05) is 7.11 Å². The van der Waals surface area contributed by atoms with Crippen LogP contribution in [0.2, 0.25) is 0 Å². The van der Waals surface area contributed by atoms with Crippen LogP contribution in [-0.2, 0) is 19.6 Å². The van der Waals surface area contributed by atoms with Crippen LogP contribution in [0.5, 0.6) is 11.5 Å². The van der Waals surface area contributed by atoms with E-state index in [9.17, 15) is 22.4 Å². The molecule has 0 aliphatic carbocycles. The number of carbonyl (C=O) groups excluding carboxylic acids is 2. The van der Waals surface area contributed by atoms with Gasteiger partial charge in [0.15, 0.2) is 17.7 Å². The molecule has 2 amide bonds. The fraction of sp³-hybridized carbons (Fsp3) is 0.263. The van der Waals surface area contributed by atoms with Gasteiger partial charge < -0.3 is 9.47 Å². The van der Waals surface area contributed by atoms with Crippen molar-refractivity contribution in [2.24, 2.45) is 0 Å². The largest absolute Gasteiger partial charge is 0.497 e. The van der Waals surface area contributed by atoms with E-state index in [1.54, 1.807) is 6.07 Å². The van der Waals surface area contributed by atoms with Gasteiger partial charge in [-0.05, 0) is 50.2 Å². The first kappa shape index (κ1) is 23.1. The maximum atomic E-state index is 13.6. The number of halogens is 1. The first-order valence-corrected chi connectivity index (χ1v) is 10.3. The zero-order chi connectivity index (χ0) is 22.3. The van der Waals surface area contributed by atoms with Crippen molar-refractivity contribution in [3.05, 3.63) is 54.3 Å². The second-order valence-corrected chi connectivity index (χ2v) is 7.90. The summed E-state index contributed by atoms with van der Waals surface area (Å²) in [6.45, 7) is 2.67. The number of hydrogen-bond acceptors (Lipinski definition) is 6. The molecule has 2 atom stereocenters. The number of methoxy groups -OCH3 is 1. The molecule has 0 bridgehead atoms. The number of carbonyl (C=O) groups is 2. The summed E-state index contributed by atoms with van der Waals surface area (Å²) in [7, 11) is -2.53. The Morgan fingerprint density at radius 3 is 2.17 bits per heavy atom. The Hall–Kier alpha value is -3.18. The minimum atomic E-state index is -3.98. The molecule has 0 aromatic heterocycles. The predicted octanol–water partition coefficient (Wildman–Crippen LogP) is 1.12. The fourth-order valence-corrected chi connectivity index (χ4v) is 3.43. The summed E-state index contributed by atoms with van der Waals surface area (Å²) >= 11 is 0. The molecule has 0 aliphatic rings. The smallest absolute Gasteiger partial charge is 0.279 e. The van der Waals surface area contributed by atoms with E-state index in [1.165, 1.54) is 63.4 Å². The normalized spacial score (nSPS) is 13.1. The molecule has 0 saturated heterocycles. The molecule has 0 heterocycles. The van der Waals surface area contributed by atoms with Crippen molar-refractivity contribution in [1.29, 1.82) is 0 Å². The van der Waals surface area contributed by atoms with E-state index in [2.05, 4.69) is 15.6 Å². The summed E-state index contributed by atoms with van der Waals surface area (Å²) in [5.41, 5.74) is 4.20. The molecule has 0 aliphatic heterocycles. The van der Waals surface area contributed by atoms with Gasteiger partial charge in [0.25, 0.3) is 11.8 Å². The highest BCUT2D eigenvalue weighted by molar-refractivity contribution is 7.89. The van der Waals surface area contributed by atoms with Crippen LogP contribution in [-0.4, -0.2) is 39.5 Å². The van der Waals surface area contributed by atoms with Gasteiger partial charge in [0, 0.05) is 0 Å². The lowest BCUT2D eigenvalue weighted by molar-refractivity contribution is -0.133. The van der Waals surface area contributed by atoms with Crippen LogP contribution in [0.1, 0.15) is 13.8 Å². The molecule has 2 aromatic rings. The van der Waals surface area contributed by atoms with Gasteiger partial charge in [-0.15, -0.1) is 0 Å². The maximum Gasteiger partial charge on any atom is 0.279 e. The number of rotatable bonds is 8. The van der Waals surface area contributed by atoms with Crippen LogP contribution in [0.3, 0.4) is 0 Å². The SMILES string of the molecule is COc1ccc(S(=O)(=O)N[C@@H](C)C(=O)NNC(=O)[C@H](C)Oc2ccccc2F)cc1. The highest BCUT2D eigenvalue weighted by Crippen LogP contribution is 2.17. The molecule has 0 fully saturated rings. The topological polar surface area (TPSA) is 123 Å². The Morgan fingerprint density at radius 2 is 1.57 bits per heavy atom. The van der Waals surface area contributed by atoms with Gasteiger partial charge in [0.1, 0.15) is 5.75 Å². The van der Waals surface area contributed by atoms with Crippen LogP contribution in [0.25, 0.3) is 0 Å². The van der Waals surface area contributed by atoms with Gasteiger partial charge in [-0.25, -0.2) is 12.8 Å². The van der Waals surface area contributed by atoms with E-state index in [0.29, 0.717) is 5.75 Å². The van der Waals surface area contributed by atoms with Crippen molar-refractivity contribution in [1.82, 2.24) is 15.6 Å². The van der Waals surface area contributed by atoms with Crippen molar-refractivity contribution in [3.8, 4) is 11.5 Å². The molecular weight excluding hydrogens is 417 g/mol. The number of para-hydroxylation sites is 1. The number of nitrogens with one attached hydrogen (secondary N) is 3. The van der Waals surface area contributed by atoms with Gasteiger partial charge in [-0.1, -0.05) is 12.1 Å². The molecule has 30 heavy (non-hydrogen) atoms. The van der Waals surface area contributed by atoms with E-state index in [1.807, 2.05) is 0 Å². The second kappa shape index (κ2) is 10.0. The lowest BCUT2D eigenvalue weighted by atomic mass is 10.3. The summed E-state index contributed by atoms with van der Waals surface area (Å²) < 4.78 is 50.6. The number of ether oxygens (including phenoxy) is 2. The third-order valence-corrected chi connectivity index (χ3v) is 5.47. The first-order chi connectivity index (χ1) is 14.1. The van der Waals surface area contributed by atoms with E-state index in [0.717, 1.165) is 0 Å². The van der Waals surface area contributed by atoms with Crippen molar-refractivity contribution in [2.45, 2.75) is 30.9 Å². The van der Waals surface area contributed by atoms with Crippen molar-refractivity contribution < 1.29 is 31.9 Å². The molecule has 0 spiro atoms. The number of benzene rings is 2. The summed E-state index contributed by atoms with van der Waals surface area (Å²) in [5, 5.41) is 0. The monoisotopic (exact) mass is 439 g/mol. The Bertz CT molecular complexity index is 998. The quantitative estimate of drug-likeness (QED) is 0.530. The van der Waals surface area contributed by atoms with Crippen molar-refractivity contribution in [3.63, 3.8) is 0 Å². The summed E-state index contributed by atoms with van der Waals surface area (Å²) in [6, 6.07) is 9.95. The number of sulfonamides is 1. The van der Waals surface area contributed by atoms with Crippen LogP contribution in [0.15, 0.2) is 53.4 Å². The molecular formula is C19H22FN3O6S. The van der Waals surface area contributed by atoms with E-state index < -0.39 is 39.8 Å². The Morgan fingerprint density at radius 1 is 0.967 bits per heavy atom. The molecule has 9 nitrogen and oxygen atoms in total. The zero-order valence-corrected chi connectivity index (χ0v) is 17.3. The lowest BCUT2D eigenvalue weighted by Crippen LogP contribution is -2.53.